The van der Waals surface area contributed by atoms with Crippen molar-refractivity contribution < 1.29 is 4.74 Å². The van der Waals surface area contributed by atoms with Crippen molar-refractivity contribution >= 4 is 5.82 Å². The summed E-state index contributed by atoms with van der Waals surface area (Å²) in [7, 11) is 0. The van der Waals surface area contributed by atoms with E-state index >= 15 is 0 Å². The van der Waals surface area contributed by atoms with E-state index in [2.05, 4.69) is 22.2 Å². The molecule has 1 heterocycles. The number of aromatic nitrogens is 2. The average molecular weight is 210 g/mol. The quantitative estimate of drug-likeness (QED) is 0.733. The van der Waals surface area contributed by atoms with Crippen LogP contribution in [0.1, 0.15) is 20.3 Å². The predicted molar refractivity (Wildman–Crippen MR) is 60.0 cm³/mol. The normalized spacial score (nSPS) is 12.2. The average Bonchev–Trinajstić information content (AvgIpc) is 2.27. The SMILES string of the molecule is CCOc1cc(NCC(N)CC)ncn1. The van der Waals surface area contributed by atoms with Crippen molar-refractivity contribution in [1.82, 2.24) is 9.97 Å². The van der Waals surface area contributed by atoms with Crippen LogP contribution in [-0.4, -0.2) is 29.2 Å². The first kappa shape index (κ1) is 11.7. The van der Waals surface area contributed by atoms with Crippen molar-refractivity contribution in [2.45, 2.75) is 26.3 Å². The van der Waals surface area contributed by atoms with Gasteiger partial charge in [0.25, 0.3) is 0 Å². The third-order valence-corrected chi connectivity index (χ3v) is 2.00. The fourth-order valence-electron chi connectivity index (χ4n) is 1.04. The van der Waals surface area contributed by atoms with Crippen molar-refractivity contribution in [2.75, 3.05) is 18.5 Å². The van der Waals surface area contributed by atoms with Crippen molar-refractivity contribution in [3.8, 4) is 5.88 Å². The molecule has 5 heteroatoms. The zero-order chi connectivity index (χ0) is 11.1. The first-order valence-electron chi connectivity index (χ1n) is 5.20. The highest BCUT2D eigenvalue weighted by Crippen LogP contribution is 2.10. The van der Waals surface area contributed by atoms with Crippen LogP contribution in [0.25, 0.3) is 0 Å². The van der Waals surface area contributed by atoms with Crippen molar-refractivity contribution in [3.63, 3.8) is 0 Å². The fourth-order valence-corrected chi connectivity index (χ4v) is 1.04. The second-order valence-corrected chi connectivity index (χ2v) is 3.22. The summed E-state index contributed by atoms with van der Waals surface area (Å²) in [5.41, 5.74) is 5.78. The van der Waals surface area contributed by atoms with Crippen LogP contribution < -0.4 is 15.8 Å². The van der Waals surface area contributed by atoms with Gasteiger partial charge in [-0.15, -0.1) is 0 Å². The third-order valence-electron chi connectivity index (χ3n) is 2.00. The van der Waals surface area contributed by atoms with E-state index < -0.39 is 0 Å². The van der Waals surface area contributed by atoms with Gasteiger partial charge in [0.15, 0.2) is 0 Å². The first-order valence-corrected chi connectivity index (χ1v) is 5.20. The third kappa shape index (κ3) is 4.12. The van der Waals surface area contributed by atoms with Crippen LogP contribution in [0.15, 0.2) is 12.4 Å². The van der Waals surface area contributed by atoms with Gasteiger partial charge in [-0.25, -0.2) is 9.97 Å². The van der Waals surface area contributed by atoms with Gasteiger partial charge >= 0.3 is 0 Å². The minimum Gasteiger partial charge on any atom is -0.478 e. The number of nitrogens with two attached hydrogens (primary N) is 1. The largest absolute Gasteiger partial charge is 0.478 e. The van der Waals surface area contributed by atoms with Crippen molar-refractivity contribution in [1.29, 1.82) is 0 Å². The van der Waals surface area contributed by atoms with Crippen molar-refractivity contribution in [2.24, 2.45) is 5.73 Å². The second kappa shape index (κ2) is 6.19. The van der Waals surface area contributed by atoms with E-state index in [4.69, 9.17) is 10.5 Å². The van der Waals surface area contributed by atoms with Gasteiger partial charge in [0, 0.05) is 18.7 Å². The summed E-state index contributed by atoms with van der Waals surface area (Å²) in [6.07, 6.45) is 2.42. The second-order valence-electron chi connectivity index (χ2n) is 3.22. The molecule has 84 valence electrons. The van der Waals surface area contributed by atoms with E-state index in [0.29, 0.717) is 19.0 Å². The lowest BCUT2D eigenvalue weighted by Gasteiger charge is -2.11. The predicted octanol–water partition coefficient (Wildman–Crippen LogP) is 1.02. The molecule has 15 heavy (non-hydrogen) atoms. The van der Waals surface area contributed by atoms with Crippen LogP contribution in [-0.2, 0) is 0 Å². The van der Waals surface area contributed by atoms with E-state index in [1.807, 2.05) is 6.92 Å². The molecule has 1 aromatic heterocycles. The molecule has 1 aromatic rings. The highest BCUT2D eigenvalue weighted by Gasteiger charge is 2.01. The molecule has 0 saturated carbocycles. The zero-order valence-electron chi connectivity index (χ0n) is 9.23. The fraction of sp³-hybridized carbons (Fsp3) is 0.600. The number of rotatable bonds is 6. The van der Waals surface area contributed by atoms with Crippen molar-refractivity contribution in [3.05, 3.63) is 12.4 Å². The summed E-state index contributed by atoms with van der Waals surface area (Å²) in [6.45, 7) is 5.28. The van der Waals surface area contributed by atoms with Crippen LogP contribution in [0, 0.1) is 0 Å². The topological polar surface area (TPSA) is 73.1 Å². The van der Waals surface area contributed by atoms with Gasteiger partial charge in [-0.1, -0.05) is 6.92 Å². The Morgan fingerprint density at radius 3 is 2.93 bits per heavy atom. The minimum absolute atomic E-state index is 0.149. The van der Waals surface area contributed by atoms with Crippen LogP contribution in [0.4, 0.5) is 5.82 Å². The van der Waals surface area contributed by atoms with Gasteiger partial charge in [0.2, 0.25) is 5.88 Å². The van der Waals surface area contributed by atoms with E-state index in [-0.39, 0.29) is 6.04 Å². The molecule has 0 bridgehead atoms. The standard InChI is InChI=1S/C10H18N4O/c1-3-8(11)6-12-9-5-10(15-4-2)14-7-13-9/h5,7-8H,3-4,6,11H2,1-2H3,(H,12,13,14). The number of hydrogen-bond donors (Lipinski definition) is 2. The molecule has 0 amide bonds. The Hall–Kier alpha value is -1.36. The Morgan fingerprint density at radius 1 is 1.47 bits per heavy atom. The van der Waals surface area contributed by atoms with Crippen LogP contribution in [0.3, 0.4) is 0 Å². The lowest BCUT2D eigenvalue weighted by atomic mass is 10.2. The smallest absolute Gasteiger partial charge is 0.218 e. The molecule has 1 rings (SSSR count). The monoisotopic (exact) mass is 210 g/mol. The number of nitrogens with zero attached hydrogens (tertiary/aromatic N) is 2. The molecule has 0 aromatic carbocycles. The Kier molecular flexibility index (Phi) is 4.83. The zero-order valence-corrected chi connectivity index (χ0v) is 9.23. The van der Waals surface area contributed by atoms with E-state index in [1.54, 1.807) is 6.07 Å². The molecule has 0 aliphatic rings. The molecule has 0 aliphatic carbocycles. The molecule has 0 fully saturated rings. The van der Waals surface area contributed by atoms with E-state index in [1.165, 1.54) is 6.33 Å². The molecule has 0 aliphatic heterocycles. The number of ether oxygens (including phenoxy) is 1. The minimum atomic E-state index is 0.149. The first-order chi connectivity index (χ1) is 7.26. The maximum absolute atomic E-state index is 5.78. The number of nitrogens with one attached hydrogen (secondary N) is 1. The molecule has 5 nitrogen and oxygen atoms in total. The van der Waals surface area contributed by atoms with E-state index in [9.17, 15) is 0 Å². The van der Waals surface area contributed by atoms with Crippen LogP contribution >= 0.6 is 0 Å². The molecule has 0 saturated heterocycles. The summed E-state index contributed by atoms with van der Waals surface area (Å²) in [5.74, 6) is 1.33. The molecule has 0 spiro atoms. The highest BCUT2D eigenvalue weighted by atomic mass is 16.5. The molecular formula is C10H18N4O. The maximum Gasteiger partial charge on any atom is 0.218 e. The molecule has 1 atom stereocenters. The van der Waals surface area contributed by atoms with Gasteiger partial charge in [-0.05, 0) is 13.3 Å². The van der Waals surface area contributed by atoms with E-state index in [0.717, 1.165) is 12.2 Å². The molecule has 1 unspecified atom stereocenters. The summed E-state index contributed by atoms with van der Waals surface area (Å²) in [4.78, 5) is 8.04. The Labute approximate surface area is 90.1 Å². The lowest BCUT2D eigenvalue weighted by Crippen LogP contribution is -2.28. The highest BCUT2D eigenvalue weighted by molar-refractivity contribution is 5.37. The van der Waals surface area contributed by atoms with Crippen LogP contribution in [0.2, 0.25) is 0 Å². The lowest BCUT2D eigenvalue weighted by molar-refractivity contribution is 0.326. The summed E-state index contributed by atoms with van der Waals surface area (Å²) >= 11 is 0. The Morgan fingerprint density at radius 2 is 2.27 bits per heavy atom. The van der Waals surface area contributed by atoms with Gasteiger partial charge in [0.05, 0.1) is 6.61 Å². The number of anilines is 1. The summed E-state index contributed by atoms with van der Waals surface area (Å²) in [5, 5.41) is 3.14. The number of hydrogen-bond acceptors (Lipinski definition) is 5. The molecule has 3 N–H and O–H groups in total. The Balaban J connectivity index is 2.50. The maximum atomic E-state index is 5.78. The summed E-state index contributed by atoms with van der Waals surface area (Å²) in [6, 6.07) is 1.92. The molecule has 0 radical (unpaired) electrons. The van der Waals surface area contributed by atoms with Gasteiger partial charge < -0.3 is 15.8 Å². The molecular weight excluding hydrogens is 192 g/mol. The summed E-state index contributed by atoms with van der Waals surface area (Å²) < 4.78 is 5.26. The Bertz CT molecular complexity index is 293. The van der Waals surface area contributed by atoms with Gasteiger partial charge in [-0.3, -0.25) is 0 Å². The van der Waals surface area contributed by atoms with Gasteiger partial charge in [-0.2, -0.15) is 0 Å². The van der Waals surface area contributed by atoms with Gasteiger partial charge in [0.1, 0.15) is 12.1 Å². The van der Waals surface area contributed by atoms with Crippen LogP contribution in [0.5, 0.6) is 5.88 Å².